The second-order valence-electron chi connectivity index (χ2n) is 9.28. The van der Waals surface area contributed by atoms with E-state index in [9.17, 15) is 9.13 Å². The van der Waals surface area contributed by atoms with Crippen LogP contribution in [0.25, 0.3) is 0 Å². The van der Waals surface area contributed by atoms with E-state index >= 15 is 8.78 Å². The van der Waals surface area contributed by atoms with Crippen molar-refractivity contribution in [3.05, 3.63) is 22.8 Å². The van der Waals surface area contributed by atoms with Crippen molar-refractivity contribution < 1.29 is 45.1 Å². The van der Waals surface area contributed by atoms with E-state index in [4.69, 9.17) is 27.1 Å². The first-order valence-corrected chi connectivity index (χ1v) is 14.2. The summed E-state index contributed by atoms with van der Waals surface area (Å²) in [6.45, 7) is 15.7. The van der Waals surface area contributed by atoms with Gasteiger partial charge in [0.2, 0.25) is 0 Å². The zero-order valence-corrected chi connectivity index (χ0v) is 23.5. The average Bonchev–Trinajstić information content (AvgIpc) is 2.64. The fraction of sp³-hybridized carbons (Fsp3) is 0.727. The molecule has 0 radical (unpaired) electrons. The maximum absolute atomic E-state index is 16.2. The Hall–Kier alpha value is -1.02. The number of hydrogen-bond acceptors (Lipinski definition) is 8. The Morgan fingerprint density at radius 2 is 0.824 bits per heavy atom. The minimum absolute atomic E-state index is 0.0502. The Labute approximate surface area is 201 Å². The summed E-state index contributed by atoms with van der Waals surface area (Å²) in [6.07, 6.45) is 0. The van der Waals surface area contributed by atoms with Gasteiger partial charge in [0.05, 0.1) is 26.4 Å². The van der Waals surface area contributed by atoms with Crippen molar-refractivity contribution in [1.29, 1.82) is 0 Å². The summed E-state index contributed by atoms with van der Waals surface area (Å²) in [5, 5.41) is 0. The predicted molar refractivity (Wildman–Crippen MR) is 127 cm³/mol. The third kappa shape index (κ3) is 7.49. The molecule has 198 valence electrons. The van der Waals surface area contributed by atoms with Crippen LogP contribution in [-0.4, -0.2) is 26.4 Å². The van der Waals surface area contributed by atoms with Gasteiger partial charge in [-0.25, -0.2) is 17.9 Å². The molecular formula is C22H38F2O8P2. The van der Waals surface area contributed by atoms with Crippen molar-refractivity contribution in [2.45, 2.75) is 80.1 Å². The number of phosphoric ester groups is 2. The molecule has 1 aromatic rings. The van der Waals surface area contributed by atoms with Gasteiger partial charge in [-0.1, -0.05) is 41.5 Å². The predicted octanol–water partition coefficient (Wildman–Crippen LogP) is 7.68. The highest BCUT2D eigenvalue weighted by Crippen LogP contribution is 2.58. The van der Waals surface area contributed by atoms with Gasteiger partial charge in [0.15, 0.2) is 23.1 Å². The van der Waals surface area contributed by atoms with Crippen molar-refractivity contribution >= 4 is 15.6 Å². The molecule has 0 atom stereocenters. The summed E-state index contributed by atoms with van der Waals surface area (Å²) < 4.78 is 90.1. The zero-order valence-electron chi connectivity index (χ0n) is 21.7. The van der Waals surface area contributed by atoms with Gasteiger partial charge in [-0.05, 0) is 38.5 Å². The van der Waals surface area contributed by atoms with Gasteiger partial charge >= 0.3 is 15.6 Å². The first-order chi connectivity index (χ1) is 15.5. The van der Waals surface area contributed by atoms with E-state index in [1.165, 1.54) is 0 Å². The molecule has 0 saturated heterocycles. The fourth-order valence-electron chi connectivity index (χ4n) is 3.19. The highest BCUT2D eigenvalue weighted by atomic mass is 31.2. The van der Waals surface area contributed by atoms with Crippen LogP contribution in [0.15, 0.2) is 0 Å². The Morgan fingerprint density at radius 1 is 0.588 bits per heavy atom. The molecule has 0 saturated carbocycles. The van der Waals surface area contributed by atoms with Crippen molar-refractivity contribution in [2.24, 2.45) is 0 Å². The maximum atomic E-state index is 16.2. The van der Waals surface area contributed by atoms with Crippen LogP contribution in [-0.2, 0) is 38.1 Å². The molecule has 34 heavy (non-hydrogen) atoms. The topological polar surface area (TPSA) is 89.5 Å². The minimum Gasteiger partial charge on any atom is -0.400 e. The molecule has 0 spiro atoms. The van der Waals surface area contributed by atoms with E-state index in [0.717, 1.165) is 0 Å². The summed E-state index contributed by atoms with van der Waals surface area (Å²) in [5.74, 6) is -3.36. The third-order valence-corrected chi connectivity index (χ3v) is 7.46. The quantitative estimate of drug-likeness (QED) is 0.254. The molecule has 12 heteroatoms. The summed E-state index contributed by atoms with van der Waals surface area (Å²) in [6, 6.07) is 0. The molecule has 0 heterocycles. The van der Waals surface area contributed by atoms with Crippen LogP contribution in [0.3, 0.4) is 0 Å². The van der Waals surface area contributed by atoms with Crippen molar-refractivity contribution in [3.8, 4) is 11.5 Å². The molecule has 0 bridgehead atoms. The van der Waals surface area contributed by atoms with Gasteiger partial charge in [0.25, 0.3) is 0 Å². The Balaban J connectivity index is 4.06. The lowest BCUT2D eigenvalue weighted by Crippen LogP contribution is -2.23. The second kappa shape index (κ2) is 11.8. The van der Waals surface area contributed by atoms with Gasteiger partial charge in [-0.2, -0.15) is 0 Å². The number of hydrogen-bond donors (Lipinski definition) is 0. The first-order valence-electron chi connectivity index (χ1n) is 11.2. The van der Waals surface area contributed by atoms with Gasteiger partial charge in [-0.15, -0.1) is 0 Å². The monoisotopic (exact) mass is 530 g/mol. The first kappa shape index (κ1) is 31.0. The molecule has 0 aromatic heterocycles. The normalized spacial score (nSPS) is 13.3. The maximum Gasteiger partial charge on any atom is 0.530 e. The standard InChI is InChI=1S/C22H38F2O8P2/c1-11-27-33(25,28-12-2)31-19-15(21(5,6)7)18(24)20(16(17(19)23)22(8,9)10)32-34(26,29-13-3)30-14-4/h11-14H2,1-10H3. The van der Waals surface area contributed by atoms with Crippen molar-refractivity contribution in [2.75, 3.05) is 26.4 Å². The lowest BCUT2D eigenvalue weighted by molar-refractivity contribution is 0.159. The summed E-state index contributed by atoms with van der Waals surface area (Å²) in [4.78, 5) is 0. The Morgan fingerprint density at radius 3 is 1.00 bits per heavy atom. The molecule has 0 amide bonds. The van der Waals surface area contributed by atoms with Crippen LogP contribution in [0.2, 0.25) is 0 Å². The van der Waals surface area contributed by atoms with E-state index in [-0.39, 0.29) is 37.6 Å². The van der Waals surface area contributed by atoms with Gasteiger partial charge in [-0.3, -0.25) is 18.1 Å². The molecule has 0 aliphatic rings. The van der Waals surface area contributed by atoms with E-state index in [1.54, 1.807) is 69.2 Å². The average molecular weight is 530 g/mol. The SMILES string of the molecule is CCOP(=O)(OCC)Oc1c(F)c(C(C)(C)C)c(OP(=O)(OCC)OCC)c(F)c1C(C)(C)C. The molecule has 0 aliphatic heterocycles. The summed E-state index contributed by atoms with van der Waals surface area (Å²) in [7, 11) is -8.57. The van der Waals surface area contributed by atoms with Crippen LogP contribution in [0, 0.1) is 11.6 Å². The Kier molecular flexibility index (Phi) is 10.8. The molecule has 0 fully saturated rings. The van der Waals surface area contributed by atoms with Gasteiger partial charge in [0.1, 0.15) is 0 Å². The number of phosphoric acid groups is 2. The lowest BCUT2D eigenvalue weighted by atomic mass is 9.80. The third-order valence-electron chi connectivity index (χ3n) is 4.35. The van der Waals surface area contributed by atoms with Crippen LogP contribution in [0.1, 0.15) is 80.4 Å². The minimum atomic E-state index is -4.29. The largest absolute Gasteiger partial charge is 0.530 e. The van der Waals surface area contributed by atoms with Crippen molar-refractivity contribution in [3.63, 3.8) is 0 Å². The molecule has 0 aliphatic carbocycles. The second-order valence-corrected chi connectivity index (χ2v) is 12.5. The smallest absolute Gasteiger partial charge is 0.400 e. The van der Waals surface area contributed by atoms with Crippen LogP contribution in [0.4, 0.5) is 8.78 Å². The zero-order chi connectivity index (χ0) is 26.5. The molecular weight excluding hydrogens is 492 g/mol. The highest BCUT2D eigenvalue weighted by Gasteiger charge is 2.42. The Bertz CT molecular complexity index is 843. The van der Waals surface area contributed by atoms with E-state index in [0.29, 0.717) is 0 Å². The highest BCUT2D eigenvalue weighted by molar-refractivity contribution is 7.49. The van der Waals surface area contributed by atoms with Crippen LogP contribution in [0.5, 0.6) is 11.5 Å². The molecule has 1 rings (SSSR count). The van der Waals surface area contributed by atoms with E-state index < -0.39 is 49.6 Å². The van der Waals surface area contributed by atoms with E-state index in [1.807, 2.05) is 0 Å². The molecule has 0 N–H and O–H groups in total. The fourth-order valence-corrected chi connectivity index (χ4v) is 5.61. The number of benzene rings is 1. The van der Waals surface area contributed by atoms with Gasteiger partial charge in [0, 0.05) is 11.1 Å². The lowest BCUT2D eigenvalue weighted by Gasteiger charge is -2.32. The van der Waals surface area contributed by atoms with E-state index in [2.05, 4.69) is 0 Å². The summed E-state index contributed by atoms with van der Waals surface area (Å²) in [5.41, 5.74) is -2.74. The van der Waals surface area contributed by atoms with Crippen LogP contribution >= 0.6 is 15.6 Å². The van der Waals surface area contributed by atoms with Gasteiger partial charge < -0.3 is 9.05 Å². The molecule has 0 unspecified atom stereocenters. The van der Waals surface area contributed by atoms with Crippen LogP contribution < -0.4 is 9.05 Å². The molecule has 8 nitrogen and oxygen atoms in total. The number of halogens is 2. The number of rotatable bonds is 12. The molecule has 1 aromatic carbocycles. The van der Waals surface area contributed by atoms with Crippen molar-refractivity contribution in [1.82, 2.24) is 0 Å². The summed E-state index contributed by atoms with van der Waals surface area (Å²) >= 11 is 0.